The second-order valence-corrected chi connectivity index (χ2v) is 9.24. The van der Waals surface area contributed by atoms with Crippen LogP contribution in [0.3, 0.4) is 0 Å². The Morgan fingerprint density at radius 2 is 1.77 bits per heavy atom. The van der Waals surface area contributed by atoms with E-state index in [2.05, 4.69) is 5.32 Å². The summed E-state index contributed by atoms with van der Waals surface area (Å²) in [4.78, 5) is 40.7. The van der Waals surface area contributed by atoms with Crippen molar-refractivity contribution >= 4 is 23.8 Å². The number of phenols is 1. The fraction of sp³-hybridized carbons (Fsp3) is 0.423. The number of benzene rings is 2. The SMILES string of the molecule is Cc1cc(C[C@H](OC(=O)N2CCC(N3CCc4ccccc4NC3=O)CC2)C(=O)O)cc(C)c1O. The summed E-state index contributed by atoms with van der Waals surface area (Å²) < 4.78 is 5.36. The van der Waals surface area contributed by atoms with E-state index in [1.807, 2.05) is 29.2 Å². The third kappa shape index (κ3) is 5.50. The van der Waals surface area contributed by atoms with Gasteiger partial charge in [-0.1, -0.05) is 30.3 Å². The molecular formula is C26H31N3O6. The zero-order chi connectivity index (χ0) is 25.1. The van der Waals surface area contributed by atoms with Gasteiger partial charge in [-0.2, -0.15) is 0 Å². The minimum Gasteiger partial charge on any atom is -0.507 e. The molecule has 1 fully saturated rings. The van der Waals surface area contributed by atoms with Crippen molar-refractivity contribution in [2.75, 3.05) is 25.0 Å². The predicted octanol–water partition coefficient (Wildman–Crippen LogP) is 3.70. The number of rotatable bonds is 5. The molecule has 2 aromatic carbocycles. The lowest BCUT2D eigenvalue weighted by atomic mass is 10.0. The number of hydrogen-bond donors (Lipinski definition) is 3. The number of carbonyl (C=O) groups excluding carboxylic acids is 2. The molecule has 0 aromatic heterocycles. The number of likely N-dealkylation sites (tertiary alicyclic amines) is 1. The third-order valence-electron chi connectivity index (χ3n) is 6.80. The van der Waals surface area contributed by atoms with E-state index in [9.17, 15) is 24.6 Å². The highest BCUT2D eigenvalue weighted by Crippen LogP contribution is 2.26. The number of piperidine rings is 1. The lowest BCUT2D eigenvalue weighted by molar-refractivity contribution is -0.147. The molecule has 186 valence electrons. The average molecular weight is 482 g/mol. The number of hydrogen-bond acceptors (Lipinski definition) is 5. The van der Waals surface area contributed by atoms with Crippen LogP contribution in [0.1, 0.15) is 35.1 Å². The van der Waals surface area contributed by atoms with Crippen LogP contribution in [0.2, 0.25) is 0 Å². The molecule has 2 heterocycles. The third-order valence-corrected chi connectivity index (χ3v) is 6.80. The van der Waals surface area contributed by atoms with Gasteiger partial charge in [0.1, 0.15) is 5.75 Å². The molecule has 3 N–H and O–H groups in total. The van der Waals surface area contributed by atoms with E-state index in [-0.39, 0.29) is 24.2 Å². The van der Waals surface area contributed by atoms with Gasteiger partial charge in [0.05, 0.1) is 0 Å². The number of ether oxygens (including phenoxy) is 1. The lowest BCUT2D eigenvalue weighted by Gasteiger charge is -2.37. The number of aliphatic carboxylic acids is 1. The Labute approximate surface area is 204 Å². The Kier molecular flexibility index (Phi) is 7.14. The average Bonchev–Trinajstić information content (AvgIpc) is 3.00. The molecule has 3 amide bonds. The van der Waals surface area contributed by atoms with E-state index in [1.165, 1.54) is 4.90 Å². The molecule has 0 unspecified atom stereocenters. The Balaban J connectivity index is 1.33. The lowest BCUT2D eigenvalue weighted by Crippen LogP contribution is -2.50. The van der Waals surface area contributed by atoms with Gasteiger partial charge in [0.25, 0.3) is 0 Å². The van der Waals surface area contributed by atoms with Crippen LogP contribution in [0, 0.1) is 13.8 Å². The molecule has 2 aromatic rings. The Morgan fingerprint density at radius 1 is 1.11 bits per heavy atom. The molecular weight excluding hydrogens is 450 g/mol. The van der Waals surface area contributed by atoms with Crippen LogP contribution < -0.4 is 5.32 Å². The van der Waals surface area contributed by atoms with Crippen LogP contribution in [0.15, 0.2) is 36.4 Å². The summed E-state index contributed by atoms with van der Waals surface area (Å²) in [6.45, 7) is 4.83. The van der Waals surface area contributed by atoms with Crippen LogP contribution in [0.5, 0.6) is 5.75 Å². The quantitative estimate of drug-likeness (QED) is 0.599. The Bertz CT molecular complexity index is 1100. The number of aromatic hydroxyl groups is 1. The van der Waals surface area contributed by atoms with Crippen molar-refractivity contribution in [2.45, 2.75) is 51.7 Å². The normalized spacial score (nSPS) is 17.3. The van der Waals surface area contributed by atoms with Crippen LogP contribution in [0.4, 0.5) is 15.3 Å². The molecule has 9 heteroatoms. The molecule has 2 aliphatic rings. The van der Waals surface area contributed by atoms with Gasteiger partial charge >= 0.3 is 18.1 Å². The molecule has 9 nitrogen and oxygen atoms in total. The number of nitrogens with zero attached hydrogens (tertiary/aromatic N) is 2. The second-order valence-electron chi connectivity index (χ2n) is 9.24. The van der Waals surface area contributed by atoms with Crippen LogP contribution in [-0.2, 0) is 22.4 Å². The van der Waals surface area contributed by atoms with Gasteiger partial charge in [-0.15, -0.1) is 0 Å². The fourth-order valence-corrected chi connectivity index (χ4v) is 4.85. The summed E-state index contributed by atoms with van der Waals surface area (Å²) in [5.74, 6) is -1.06. The molecule has 0 radical (unpaired) electrons. The predicted molar refractivity (Wildman–Crippen MR) is 130 cm³/mol. The minimum atomic E-state index is -1.33. The van der Waals surface area contributed by atoms with E-state index in [0.717, 1.165) is 17.7 Å². The number of carboxylic acids is 1. The van der Waals surface area contributed by atoms with E-state index in [4.69, 9.17) is 4.74 Å². The molecule has 1 saturated heterocycles. The first-order chi connectivity index (χ1) is 16.7. The molecule has 0 saturated carbocycles. The summed E-state index contributed by atoms with van der Waals surface area (Å²) in [7, 11) is 0. The van der Waals surface area contributed by atoms with Crippen LogP contribution in [-0.4, -0.2) is 69.9 Å². The largest absolute Gasteiger partial charge is 0.507 e. The number of urea groups is 1. The topological polar surface area (TPSA) is 119 Å². The van der Waals surface area contributed by atoms with Gasteiger partial charge in [0, 0.05) is 37.8 Å². The Morgan fingerprint density at radius 3 is 2.43 bits per heavy atom. The fourth-order valence-electron chi connectivity index (χ4n) is 4.85. The molecule has 1 atom stereocenters. The number of anilines is 1. The first-order valence-corrected chi connectivity index (χ1v) is 11.9. The van der Waals surface area contributed by atoms with Gasteiger partial charge in [0.15, 0.2) is 0 Å². The van der Waals surface area contributed by atoms with E-state index >= 15 is 0 Å². The van der Waals surface area contributed by atoms with E-state index < -0.39 is 18.2 Å². The smallest absolute Gasteiger partial charge is 0.410 e. The second kappa shape index (κ2) is 10.2. The number of fused-ring (bicyclic) bond motifs is 1. The van der Waals surface area contributed by atoms with Crippen molar-refractivity contribution in [1.29, 1.82) is 0 Å². The summed E-state index contributed by atoms with van der Waals surface area (Å²) in [6.07, 6.45) is -0.0593. The summed E-state index contributed by atoms with van der Waals surface area (Å²) in [6, 6.07) is 11.0. The maximum atomic E-state index is 12.8. The van der Waals surface area contributed by atoms with E-state index in [1.54, 1.807) is 26.0 Å². The minimum absolute atomic E-state index is 0.00780. The van der Waals surface area contributed by atoms with Crippen molar-refractivity contribution in [1.82, 2.24) is 9.80 Å². The van der Waals surface area contributed by atoms with Gasteiger partial charge in [-0.3, -0.25) is 0 Å². The first-order valence-electron chi connectivity index (χ1n) is 11.9. The van der Waals surface area contributed by atoms with Gasteiger partial charge < -0.3 is 30.1 Å². The summed E-state index contributed by atoms with van der Waals surface area (Å²) >= 11 is 0. The number of nitrogens with one attached hydrogen (secondary N) is 1. The maximum absolute atomic E-state index is 12.8. The first kappa shape index (κ1) is 24.4. The van der Waals surface area contributed by atoms with Crippen LogP contribution in [0.25, 0.3) is 0 Å². The molecule has 2 aliphatic heterocycles. The number of para-hydroxylation sites is 1. The van der Waals surface area contributed by atoms with Crippen LogP contribution >= 0.6 is 0 Å². The van der Waals surface area contributed by atoms with E-state index in [0.29, 0.717) is 49.2 Å². The standard InChI is InChI=1S/C26H31N3O6/c1-16-13-18(14-17(2)23(16)30)15-22(24(31)32)35-26(34)28-10-8-20(9-11-28)29-12-7-19-5-3-4-6-21(19)27-25(29)33/h3-6,13-14,20,22,30H,7-12,15H2,1-2H3,(H,27,33)(H,31,32)/t22-/m0/s1. The zero-order valence-corrected chi connectivity index (χ0v) is 20.0. The number of phenolic OH excluding ortho intramolecular Hbond substituents is 1. The molecule has 0 spiro atoms. The van der Waals surface area contributed by atoms with Gasteiger partial charge in [-0.25, -0.2) is 14.4 Å². The highest BCUT2D eigenvalue weighted by molar-refractivity contribution is 5.91. The molecule has 4 rings (SSSR count). The number of carbonyl (C=O) groups is 3. The number of aryl methyl sites for hydroxylation is 2. The van der Waals surface area contributed by atoms with Crippen molar-refractivity contribution in [3.8, 4) is 5.75 Å². The van der Waals surface area contributed by atoms with Crippen molar-refractivity contribution in [3.05, 3.63) is 58.7 Å². The number of carboxylic acid groups (broad SMARTS) is 1. The molecule has 0 bridgehead atoms. The monoisotopic (exact) mass is 481 g/mol. The highest BCUT2D eigenvalue weighted by atomic mass is 16.6. The van der Waals surface area contributed by atoms with Crippen molar-refractivity contribution in [3.63, 3.8) is 0 Å². The van der Waals surface area contributed by atoms with Crippen molar-refractivity contribution in [2.24, 2.45) is 0 Å². The zero-order valence-electron chi connectivity index (χ0n) is 20.0. The summed E-state index contributed by atoms with van der Waals surface area (Å²) in [5.41, 5.74) is 3.88. The van der Waals surface area contributed by atoms with Gasteiger partial charge in [-0.05, 0) is 61.4 Å². The molecule has 35 heavy (non-hydrogen) atoms. The highest BCUT2D eigenvalue weighted by Gasteiger charge is 2.33. The summed E-state index contributed by atoms with van der Waals surface area (Å²) in [5, 5.41) is 22.5. The van der Waals surface area contributed by atoms with Crippen molar-refractivity contribution < 1.29 is 29.3 Å². The van der Waals surface area contributed by atoms with Gasteiger partial charge in [0.2, 0.25) is 6.10 Å². The maximum Gasteiger partial charge on any atom is 0.410 e. The number of amides is 3. The molecule has 0 aliphatic carbocycles. The Hall–Kier alpha value is -3.75.